The van der Waals surface area contributed by atoms with Gasteiger partial charge in [0, 0.05) is 45.3 Å². The fraction of sp³-hybridized carbons (Fsp3) is 0.647. The van der Waals surface area contributed by atoms with Gasteiger partial charge in [-0.1, -0.05) is 32.0 Å². The Hall–Kier alpha value is -0.950. The zero-order chi connectivity index (χ0) is 16.4. The molecular weight excluding hydrogens is 310 g/mol. The topological polar surface area (TPSA) is 52.7 Å². The van der Waals surface area contributed by atoms with Gasteiger partial charge in [0.15, 0.2) is 0 Å². The number of hydrogen-bond donors (Lipinski definition) is 1. The zero-order valence-electron chi connectivity index (χ0n) is 14.0. The molecule has 128 valence electrons. The first-order valence-electron chi connectivity index (χ1n) is 8.54. The Labute approximate surface area is 139 Å². The Balaban J connectivity index is 1.79. The van der Waals surface area contributed by atoms with Crippen molar-refractivity contribution in [1.29, 1.82) is 0 Å². The highest BCUT2D eigenvalue weighted by atomic mass is 32.2. The van der Waals surface area contributed by atoms with Gasteiger partial charge in [-0.2, -0.15) is 4.31 Å². The van der Waals surface area contributed by atoms with E-state index >= 15 is 0 Å². The summed E-state index contributed by atoms with van der Waals surface area (Å²) < 4.78 is 27.8. The fourth-order valence-corrected chi connectivity index (χ4v) is 5.45. The van der Waals surface area contributed by atoms with Crippen LogP contribution in [-0.4, -0.2) is 62.9 Å². The van der Waals surface area contributed by atoms with E-state index in [0.717, 1.165) is 38.2 Å². The number of nitrogens with one attached hydrogen (secondary N) is 1. The third kappa shape index (κ3) is 3.45. The number of rotatable bonds is 4. The monoisotopic (exact) mass is 337 g/mol. The first-order chi connectivity index (χ1) is 11.0. The fourth-order valence-electron chi connectivity index (χ4n) is 3.61. The van der Waals surface area contributed by atoms with Crippen molar-refractivity contribution in [2.45, 2.75) is 37.1 Å². The third-order valence-corrected chi connectivity index (χ3v) is 6.89. The van der Waals surface area contributed by atoms with E-state index < -0.39 is 10.0 Å². The molecule has 5 nitrogen and oxygen atoms in total. The van der Waals surface area contributed by atoms with E-state index in [1.54, 1.807) is 10.4 Å². The van der Waals surface area contributed by atoms with E-state index in [1.807, 2.05) is 32.0 Å². The van der Waals surface area contributed by atoms with Crippen LogP contribution in [0.1, 0.15) is 31.7 Å². The largest absolute Gasteiger partial charge is 0.314 e. The summed E-state index contributed by atoms with van der Waals surface area (Å²) in [5, 5.41) is 3.35. The molecule has 2 aliphatic heterocycles. The predicted octanol–water partition coefficient (Wildman–Crippen LogP) is 1.48. The molecule has 0 bridgehead atoms. The highest BCUT2D eigenvalue weighted by molar-refractivity contribution is 7.89. The second kappa shape index (κ2) is 6.89. The third-order valence-electron chi connectivity index (χ3n) is 4.95. The number of piperazine rings is 1. The van der Waals surface area contributed by atoms with Crippen LogP contribution in [0.3, 0.4) is 0 Å². The van der Waals surface area contributed by atoms with E-state index in [0.29, 0.717) is 24.0 Å². The lowest BCUT2D eigenvalue weighted by molar-refractivity contribution is 0.179. The van der Waals surface area contributed by atoms with Gasteiger partial charge in [-0.05, 0) is 24.0 Å². The van der Waals surface area contributed by atoms with Crippen molar-refractivity contribution in [3.63, 3.8) is 0 Å². The van der Waals surface area contributed by atoms with Crippen LogP contribution in [0.2, 0.25) is 0 Å². The number of sulfonamides is 1. The maximum atomic E-state index is 13.1. The molecule has 2 aliphatic rings. The van der Waals surface area contributed by atoms with Crippen LogP contribution in [0, 0.1) is 0 Å². The molecular formula is C17H27N3O2S. The van der Waals surface area contributed by atoms with E-state index in [2.05, 4.69) is 10.2 Å². The first kappa shape index (κ1) is 16.9. The molecule has 2 saturated heterocycles. The minimum Gasteiger partial charge on any atom is -0.314 e. The molecule has 6 heteroatoms. The summed E-state index contributed by atoms with van der Waals surface area (Å²) in [5.74, 6) is 0.201. The van der Waals surface area contributed by atoms with Crippen molar-refractivity contribution in [2.75, 3.05) is 39.3 Å². The molecule has 0 radical (unpaired) electrons. The van der Waals surface area contributed by atoms with Crippen LogP contribution >= 0.6 is 0 Å². The normalized spacial score (nSPS) is 24.4. The van der Waals surface area contributed by atoms with Gasteiger partial charge in [0.05, 0.1) is 4.90 Å². The quantitative estimate of drug-likeness (QED) is 0.904. The van der Waals surface area contributed by atoms with Gasteiger partial charge >= 0.3 is 0 Å². The van der Waals surface area contributed by atoms with Crippen LogP contribution in [0.15, 0.2) is 29.2 Å². The van der Waals surface area contributed by atoms with Gasteiger partial charge < -0.3 is 5.32 Å². The molecule has 0 saturated carbocycles. The molecule has 3 rings (SSSR count). The molecule has 23 heavy (non-hydrogen) atoms. The average Bonchev–Trinajstić information content (AvgIpc) is 3.06. The molecule has 1 unspecified atom stereocenters. The second-order valence-electron chi connectivity index (χ2n) is 6.78. The number of benzene rings is 1. The standard InChI is InChI=1S/C17H27N3O2S/c1-14(2)16-5-3-4-6-17(16)23(21,22)20-10-7-15(13-20)19-11-8-18-9-12-19/h3-6,14-15,18H,7-13H2,1-2H3. The van der Waals surface area contributed by atoms with Crippen LogP contribution in [0.5, 0.6) is 0 Å². The summed E-state index contributed by atoms with van der Waals surface area (Å²) >= 11 is 0. The molecule has 2 fully saturated rings. The summed E-state index contributed by atoms with van der Waals surface area (Å²) in [6.07, 6.45) is 0.934. The van der Waals surface area contributed by atoms with E-state index in [9.17, 15) is 8.42 Å². The summed E-state index contributed by atoms with van der Waals surface area (Å²) in [6, 6.07) is 7.78. The molecule has 1 N–H and O–H groups in total. The number of hydrogen-bond acceptors (Lipinski definition) is 4. The summed E-state index contributed by atoms with van der Waals surface area (Å²) in [6.45, 7) is 9.36. The van der Waals surface area contributed by atoms with Crippen molar-refractivity contribution in [3.8, 4) is 0 Å². The summed E-state index contributed by atoms with van der Waals surface area (Å²) in [5.41, 5.74) is 0.915. The molecule has 1 aromatic rings. The molecule has 2 heterocycles. The van der Waals surface area contributed by atoms with Crippen molar-refractivity contribution in [2.24, 2.45) is 0 Å². The Morgan fingerprint density at radius 1 is 1.13 bits per heavy atom. The van der Waals surface area contributed by atoms with Gasteiger partial charge in [-0.15, -0.1) is 0 Å². The Morgan fingerprint density at radius 3 is 2.52 bits per heavy atom. The summed E-state index contributed by atoms with van der Waals surface area (Å²) in [4.78, 5) is 2.91. The Bertz CT molecular complexity index is 639. The minimum atomic E-state index is -3.39. The van der Waals surface area contributed by atoms with Gasteiger partial charge in [0.25, 0.3) is 0 Å². The smallest absolute Gasteiger partial charge is 0.243 e. The highest BCUT2D eigenvalue weighted by Gasteiger charge is 2.36. The molecule has 0 aliphatic carbocycles. The first-order valence-corrected chi connectivity index (χ1v) is 9.98. The molecule has 1 atom stereocenters. The lowest BCUT2D eigenvalue weighted by Crippen LogP contribution is -2.49. The van der Waals surface area contributed by atoms with Crippen LogP contribution < -0.4 is 5.32 Å². The predicted molar refractivity (Wildman–Crippen MR) is 92.1 cm³/mol. The van der Waals surface area contributed by atoms with Crippen LogP contribution in [-0.2, 0) is 10.0 Å². The van der Waals surface area contributed by atoms with Crippen molar-refractivity contribution < 1.29 is 8.42 Å². The zero-order valence-corrected chi connectivity index (χ0v) is 14.8. The van der Waals surface area contributed by atoms with Gasteiger partial charge in [0.1, 0.15) is 0 Å². The lowest BCUT2D eigenvalue weighted by Gasteiger charge is -2.32. The highest BCUT2D eigenvalue weighted by Crippen LogP contribution is 2.29. The Morgan fingerprint density at radius 2 is 1.83 bits per heavy atom. The van der Waals surface area contributed by atoms with Crippen molar-refractivity contribution in [3.05, 3.63) is 29.8 Å². The maximum absolute atomic E-state index is 13.1. The van der Waals surface area contributed by atoms with Crippen molar-refractivity contribution >= 4 is 10.0 Å². The minimum absolute atomic E-state index is 0.201. The average molecular weight is 337 g/mol. The van der Waals surface area contributed by atoms with Crippen LogP contribution in [0.4, 0.5) is 0 Å². The van der Waals surface area contributed by atoms with Crippen molar-refractivity contribution in [1.82, 2.24) is 14.5 Å². The lowest BCUT2D eigenvalue weighted by atomic mass is 10.0. The molecule has 0 spiro atoms. The van der Waals surface area contributed by atoms with E-state index in [-0.39, 0.29) is 5.92 Å². The number of nitrogens with zero attached hydrogens (tertiary/aromatic N) is 2. The second-order valence-corrected chi connectivity index (χ2v) is 8.69. The van der Waals surface area contributed by atoms with Gasteiger partial charge in [0.2, 0.25) is 10.0 Å². The van der Waals surface area contributed by atoms with Gasteiger partial charge in [-0.25, -0.2) is 8.42 Å². The maximum Gasteiger partial charge on any atom is 0.243 e. The Kier molecular flexibility index (Phi) is 5.06. The summed E-state index contributed by atoms with van der Waals surface area (Å²) in [7, 11) is -3.39. The molecule has 0 amide bonds. The van der Waals surface area contributed by atoms with Gasteiger partial charge in [-0.3, -0.25) is 4.90 Å². The molecule has 1 aromatic carbocycles. The van der Waals surface area contributed by atoms with Crippen LogP contribution in [0.25, 0.3) is 0 Å². The molecule has 0 aromatic heterocycles. The van der Waals surface area contributed by atoms with E-state index in [1.165, 1.54) is 0 Å². The van der Waals surface area contributed by atoms with E-state index in [4.69, 9.17) is 0 Å². The SMILES string of the molecule is CC(C)c1ccccc1S(=O)(=O)N1CCC(N2CCNCC2)C1.